The highest BCUT2D eigenvalue weighted by molar-refractivity contribution is 5.55. The molecule has 0 aliphatic carbocycles. The highest BCUT2D eigenvalue weighted by atomic mass is 16.5. The first-order valence-electron chi connectivity index (χ1n) is 11.9. The molecule has 0 amide bonds. The fourth-order valence-electron chi connectivity index (χ4n) is 4.57. The van der Waals surface area contributed by atoms with Gasteiger partial charge in [0.1, 0.15) is 18.2 Å². The molecule has 0 unspecified atom stereocenters. The number of rotatable bonds is 7. The van der Waals surface area contributed by atoms with E-state index in [1.165, 1.54) is 16.9 Å². The molecule has 3 aromatic rings. The second-order valence-corrected chi connectivity index (χ2v) is 8.70. The molecular weight excluding hydrogens is 412 g/mol. The largest absolute Gasteiger partial charge is 0.489 e. The molecule has 172 valence electrons. The van der Waals surface area contributed by atoms with Gasteiger partial charge in [0, 0.05) is 61.9 Å². The first-order valence-corrected chi connectivity index (χ1v) is 11.9. The summed E-state index contributed by atoms with van der Waals surface area (Å²) in [6.45, 7) is 6.03. The number of pyridine rings is 1. The minimum absolute atomic E-state index is 0.361. The third-order valence-corrected chi connectivity index (χ3v) is 6.32. The maximum Gasteiger partial charge on any atom is 0.128 e. The number of aromatic nitrogens is 1. The van der Waals surface area contributed by atoms with Gasteiger partial charge >= 0.3 is 0 Å². The molecular formula is C27H32N4O2. The first-order chi connectivity index (χ1) is 16.3. The second-order valence-electron chi connectivity index (χ2n) is 8.70. The van der Waals surface area contributed by atoms with Crippen molar-refractivity contribution in [3.63, 3.8) is 0 Å². The van der Waals surface area contributed by atoms with Crippen LogP contribution in [0, 0.1) is 0 Å². The molecule has 0 saturated carbocycles. The molecule has 2 fully saturated rings. The van der Waals surface area contributed by atoms with E-state index in [4.69, 9.17) is 9.47 Å². The Bertz CT molecular complexity index is 1020. The second kappa shape index (κ2) is 10.6. The third kappa shape index (κ3) is 5.76. The van der Waals surface area contributed by atoms with Gasteiger partial charge in [-0.3, -0.25) is 0 Å². The van der Waals surface area contributed by atoms with Crippen LogP contribution in [0.1, 0.15) is 18.4 Å². The van der Waals surface area contributed by atoms with Gasteiger partial charge in [0.15, 0.2) is 0 Å². The van der Waals surface area contributed by atoms with E-state index in [1.807, 2.05) is 30.5 Å². The highest BCUT2D eigenvalue weighted by Crippen LogP contribution is 2.26. The van der Waals surface area contributed by atoms with Gasteiger partial charge in [0.05, 0.1) is 13.2 Å². The monoisotopic (exact) mass is 444 g/mol. The van der Waals surface area contributed by atoms with Crippen LogP contribution in [0.15, 0.2) is 72.9 Å². The van der Waals surface area contributed by atoms with Gasteiger partial charge in [-0.05, 0) is 36.6 Å². The third-order valence-electron chi connectivity index (χ3n) is 6.32. The predicted molar refractivity (Wildman–Crippen MR) is 133 cm³/mol. The maximum atomic E-state index is 6.05. The molecule has 6 nitrogen and oxygen atoms in total. The zero-order valence-electron chi connectivity index (χ0n) is 19.0. The Morgan fingerprint density at radius 3 is 2.64 bits per heavy atom. The van der Waals surface area contributed by atoms with Crippen LogP contribution in [0.25, 0.3) is 0 Å². The number of hydrogen-bond acceptors (Lipinski definition) is 6. The normalized spacial score (nSPS) is 18.7. The quantitative estimate of drug-likeness (QED) is 0.576. The lowest BCUT2D eigenvalue weighted by atomic mass is 10.0. The molecule has 3 heterocycles. The number of benzene rings is 2. The molecule has 0 spiro atoms. The van der Waals surface area contributed by atoms with Gasteiger partial charge in [0.25, 0.3) is 0 Å². The fraction of sp³-hybridized carbons (Fsp3) is 0.370. The zero-order valence-corrected chi connectivity index (χ0v) is 19.0. The summed E-state index contributed by atoms with van der Waals surface area (Å²) in [4.78, 5) is 9.40. The van der Waals surface area contributed by atoms with E-state index >= 15 is 0 Å². The summed E-state index contributed by atoms with van der Waals surface area (Å²) in [5.41, 5.74) is 3.60. The molecule has 33 heavy (non-hydrogen) atoms. The highest BCUT2D eigenvalue weighted by Gasteiger charge is 2.21. The van der Waals surface area contributed by atoms with Crippen LogP contribution in [0.2, 0.25) is 0 Å². The molecule has 5 rings (SSSR count). The molecule has 0 bridgehead atoms. The number of anilines is 3. The van der Waals surface area contributed by atoms with Crippen molar-refractivity contribution in [2.24, 2.45) is 0 Å². The summed E-state index contributed by atoms with van der Waals surface area (Å²) in [6, 6.07) is 23.4. The van der Waals surface area contributed by atoms with Crippen LogP contribution >= 0.6 is 0 Å². The lowest BCUT2D eigenvalue weighted by Crippen LogP contribution is -2.42. The Labute approximate surface area is 196 Å². The molecule has 2 aromatic carbocycles. The van der Waals surface area contributed by atoms with E-state index in [9.17, 15) is 0 Å². The van der Waals surface area contributed by atoms with Crippen molar-refractivity contribution in [1.82, 2.24) is 4.98 Å². The van der Waals surface area contributed by atoms with Gasteiger partial charge in [-0.2, -0.15) is 0 Å². The van der Waals surface area contributed by atoms with Crippen LogP contribution in [-0.2, 0) is 11.3 Å². The standard InChI is InChI=1S/C27H32N4O2/c1-2-6-22(7-3-1)21-33-26-10-4-9-24(18-26)31-13-5-8-23(20-31)29-27-19-25(11-12-28-27)30-14-16-32-17-15-30/h1-4,6-7,9-12,18-19,23H,5,8,13-17,20-21H2,(H,28,29)/t23-/m1/s1. The predicted octanol–water partition coefficient (Wildman–Crippen LogP) is 4.58. The average molecular weight is 445 g/mol. The van der Waals surface area contributed by atoms with Crippen LogP contribution in [0.4, 0.5) is 17.2 Å². The Kier molecular flexibility index (Phi) is 6.92. The Hall–Kier alpha value is -3.25. The average Bonchev–Trinajstić information content (AvgIpc) is 2.89. The summed E-state index contributed by atoms with van der Waals surface area (Å²) >= 11 is 0. The molecule has 2 aliphatic heterocycles. The molecule has 6 heteroatoms. The summed E-state index contributed by atoms with van der Waals surface area (Å²) in [7, 11) is 0. The van der Waals surface area contributed by atoms with E-state index in [1.54, 1.807) is 0 Å². The summed E-state index contributed by atoms with van der Waals surface area (Å²) in [5.74, 6) is 1.86. The van der Waals surface area contributed by atoms with Gasteiger partial charge < -0.3 is 24.6 Å². The number of piperidine rings is 1. The summed E-state index contributed by atoms with van der Waals surface area (Å²) < 4.78 is 11.5. The van der Waals surface area contributed by atoms with Crippen molar-refractivity contribution >= 4 is 17.2 Å². The lowest BCUT2D eigenvalue weighted by molar-refractivity contribution is 0.122. The van der Waals surface area contributed by atoms with Gasteiger partial charge in [-0.1, -0.05) is 36.4 Å². The van der Waals surface area contributed by atoms with E-state index in [0.717, 1.165) is 63.8 Å². The van der Waals surface area contributed by atoms with Crippen molar-refractivity contribution in [2.45, 2.75) is 25.5 Å². The lowest BCUT2D eigenvalue weighted by Gasteiger charge is -2.35. The molecule has 1 atom stereocenters. The molecule has 0 radical (unpaired) electrons. The Morgan fingerprint density at radius 2 is 1.76 bits per heavy atom. The Morgan fingerprint density at radius 1 is 0.909 bits per heavy atom. The smallest absolute Gasteiger partial charge is 0.128 e. The van der Waals surface area contributed by atoms with Crippen molar-refractivity contribution in [1.29, 1.82) is 0 Å². The van der Waals surface area contributed by atoms with Crippen LogP contribution in [0.5, 0.6) is 5.75 Å². The minimum Gasteiger partial charge on any atom is -0.489 e. The number of morpholine rings is 1. The van der Waals surface area contributed by atoms with E-state index in [2.05, 4.69) is 62.6 Å². The molecule has 2 saturated heterocycles. The first kappa shape index (κ1) is 21.6. The van der Waals surface area contributed by atoms with Crippen LogP contribution in [0.3, 0.4) is 0 Å². The fourth-order valence-corrected chi connectivity index (χ4v) is 4.57. The van der Waals surface area contributed by atoms with E-state index in [0.29, 0.717) is 12.6 Å². The van der Waals surface area contributed by atoms with Gasteiger partial charge in [-0.25, -0.2) is 4.98 Å². The number of nitrogens with one attached hydrogen (secondary N) is 1. The summed E-state index contributed by atoms with van der Waals surface area (Å²) in [5, 5.41) is 3.68. The van der Waals surface area contributed by atoms with Crippen molar-refractivity contribution in [3.05, 3.63) is 78.5 Å². The SMILES string of the molecule is c1ccc(COc2cccc(N3CCC[C@@H](Nc4cc(N5CCOCC5)ccn4)C3)c2)cc1. The van der Waals surface area contributed by atoms with E-state index < -0.39 is 0 Å². The van der Waals surface area contributed by atoms with Crippen molar-refractivity contribution in [3.8, 4) is 5.75 Å². The van der Waals surface area contributed by atoms with Crippen molar-refractivity contribution in [2.75, 3.05) is 54.5 Å². The minimum atomic E-state index is 0.361. The van der Waals surface area contributed by atoms with Gasteiger partial charge in [-0.15, -0.1) is 0 Å². The topological polar surface area (TPSA) is 49.9 Å². The maximum absolute atomic E-state index is 6.05. The molecule has 1 aromatic heterocycles. The molecule has 2 aliphatic rings. The summed E-state index contributed by atoms with van der Waals surface area (Å²) in [6.07, 6.45) is 4.20. The van der Waals surface area contributed by atoms with E-state index in [-0.39, 0.29) is 0 Å². The van der Waals surface area contributed by atoms with Crippen molar-refractivity contribution < 1.29 is 9.47 Å². The van der Waals surface area contributed by atoms with Gasteiger partial charge in [0.2, 0.25) is 0 Å². The number of nitrogens with zero attached hydrogens (tertiary/aromatic N) is 3. The number of ether oxygens (including phenoxy) is 2. The van der Waals surface area contributed by atoms with Crippen LogP contribution < -0.4 is 19.9 Å². The van der Waals surface area contributed by atoms with Crippen LogP contribution in [-0.4, -0.2) is 50.4 Å². The Balaban J connectivity index is 1.20. The number of hydrogen-bond donors (Lipinski definition) is 1. The zero-order chi connectivity index (χ0) is 22.3. The molecule has 1 N–H and O–H groups in total.